The molecule has 0 radical (unpaired) electrons. The van der Waals surface area contributed by atoms with Crippen LogP contribution in [0.2, 0.25) is 0 Å². The van der Waals surface area contributed by atoms with Crippen molar-refractivity contribution < 1.29 is 4.74 Å². The van der Waals surface area contributed by atoms with Crippen LogP contribution < -0.4 is 4.74 Å². The van der Waals surface area contributed by atoms with Crippen LogP contribution in [0.5, 0.6) is 5.75 Å². The summed E-state index contributed by atoms with van der Waals surface area (Å²) in [6, 6.07) is 2.04. The molecule has 0 unspecified atom stereocenters. The molecule has 1 aliphatic carbocycles. The van der Waals surface area contributed by atoms with Gasteiger partial charge < -0.3 is 4.74 Å². The molecule has 1 aromatic rings. The maximum atomic E-state index is 5.96. The highest BCUT2D eigenvalue weighted by Crippen LogP contribution is 2.37. The standard InChI is InChI=1S/C12H17NOS/c1-8(2)11-12(14-9-4-5-9)10(15-3)6-7-13-11/h6-9H,4-5H2,1-3H3. The molecule has 2 nitrogen and oxygen atoms in total. The monoisotopic (exact) mass is 223 g/mol. The van der Waals surface area contributed by atoms with Crippen molar-refractivity contribution in [2.45, 2.75) is 43.6 Å². The van der Waals surface area contributed by atoms with Crippen LogP contribution in [0.1, 0.15) is 38.3 Å². The Hall–Kier alpha value is -0.700. The van der Waals surface area contributed by atoms with Crippen molar-refractivity contribution >= 4 is 11.8 Å². The molecule has 0 amide bonds. The second-order valence-electron chi connectivity index (χ2n) is 4.20. The van der Waals surface area contributed by atoms with Gasteiger partial charge in [0.2, 0.25) is 0 Å². The number of thioether (sulfide) groups is 1. The van der Waals surface area contributed by atoms with Crippen molar-refractivity contribution in [3.8, 4) is 5.75 Å². The minimum Gasteiger partial charge on any atom is -0.487 e. The van der Waals surface area contributed by atoms with E-state index in [4.69, 9.17) is 4.74 Å². The third-order valence-corrected chi connectivity index (χ3v) is 3.23. The lowest BCUT2D eigenvalue weighted by Gasteiger charge is -2.15. The van der Waals surface area contributed by atoms with Crippen LogP contribution in [-0.2, 0) is 0 Å². The van der Waals surface area contributed by atoms with Gasteiger partial charge in [0.05, 0.1) is 16.7 Å². The van der Waals surface area contributed by atoms with Crippen LogP contribution in [0.3, 0.4) is 0 Å². The van der Waals surface area contributed by atoms with Gasteiger partial charge in [-0.25, -0.2) is 0 Å². The van der Waals surface area contributed by atoms with Gasteiger partial charge in [-0.3, -0.25) is 4.98 Å². The first kappa shape index (κ1) is 10.8. The van der Waals surface area contributed by atoms with E-state index in [0.717, 1.165) is 11.4 Å². The normalized spacial score (nSPS) is 15.7. The third-order valence-electron chi connectivity index (χ3n) is 2.47. The Kier molecular flexibility index (Phi) is 3.19. The average molecular weight is 223 g/mol. The number of rotatable bonds is 4. The van der Waals surface area contributed by atoms with Gasteiger partial charge in [0.1, 0.15) is 0 Å². The number of pyridine rings is 1. The Morgan fingerprint density at radius 3 is 2.73 bits per heavy atom. The van der Waals surface area contributed by atoms with E-state index in [2.05, 4.69) is 25.1 Å². The zero-order chi connectivity index (χ0) is 10.8. The van der Waals surface area contributed by atoms with Crippen LogP contribution in [0.25, 0.3) is 0 Å². The first-order chi connectivity index (χ1) is 7.22. The smallest absolute Gasteiger partial charge is 0.154 e. The molecule has 0 aliphatic heterocycles. The summed E-state index contributed by atoms with van der Waals surface area (Å²) >= 11 is 1.73. The highest BCUT2D eigenvalue weighted by molar-refractivity contribution is 7.98. The summed E-state index contributed by atoms with van der Waals surface area (Å²) in [6.07, 6.45) is 6.79. The van der Waals surface area contributed by atoms with Crippen molar-refractivity contribution in [3.63, 3.8) is 0 Å². The summed E-state index contributed by atoms with van der Waals surface area (Å²) in [4.78, 5) is 5.64. The number of ether oxygens (including phenoxy) is 1. The zero-order valence-corrected chi connectivity index (χ0v) is 10.3. The van der Waals surface area contributed by atoms with Gasteiger partial charge in [-0.2, -0.15) is 0 Å². The summed E-state index contributed by atoms with van der Waals surface area (Å²) in [5.74, 6) is 1.44. The molecule has 1 aromatic heterocycles. The molecule has 0 spiro atoms. The molecule has 82 valence electrons. The van der Waals surface area contributed by atoms with Crippen LogP contribution in [0.4, 0.5) is 0 Å². The van der Waals surface area contributed by atoms with Crippen molar-refractivity contribution in [1.82, 2.24) is 4.98 Å². The molecule has 1 heterocycles. The molecule has 2 rings (SSSR count). The first-order valence-corrected chi connectivity index (χ1v) is 6.64. The van der Waals surface area contributed by atoms with Crippen LogP contribution in [0, 0.1) is 0 Å². The maximum Gasteiger partial charge on any atom is 0.154 e. The van der Waals surface area contributed by atoms with Gasteiger partial charge in [0.15, 0.2) is 5.75 Å². The van der Waals surface area contributed by atoms with Gasteiger partial charge in [0, 0.05) is 6.20 Å². The lowest BCUT2D eigenvalue weighted by Crippen LogP contribution is -2.04. The minimum absolute atomic E-state index is 0.422. The Morgan fingerprint density at radius 2 is 2.20 bits per heavy atom. The van der Waals surface area contributed by atoms with Crippen LogP contribution in [0.15, 0.2) is 17.2 Å². The molecular weight excluding hydrogens is 206 g/mol. The number of hydrogen-bond donors (Lipinski definition) is 0. The van der Waals surface area contributed by atoms with Gasteiger partial charge >= 0.3 is 0 Å². The number of nitrogens with zero attached hydrogens (tertiary/aromatic N) is 1. The summed E-state index contributed by atoms with van der Waals surface area (Å²) in [6.45, 7) is 4.32. The Bertz CT molecular complexity index is 347. The van der Waals surface area contributed by atoms with Crippen molar-refractivity contribution in [2.24, 2.45) is 0 Å². The quantitative estimate of drug-likeness (QED) is 0.730. The van der Waals surface area contributed by atoms with Gasteiger partial charge in [-0.05, 0) is 31.1 Å². The molecule has 1 aliphatic rings. The maximum absolute atomic E-state index is 5.96. The number of aromatic nitrogens is 1. The molecule has 15 heavy (non-hydrogen) atoms. The highest BCUT2D eigenvalue weighted by atomic mass is 32.2. The summed E-state index contributed by atoms with van der Waals surface area (Å²) in [7, 11) is 0. The summed E-state index contributed by atoms with van der Waals surface area (Å²) in [5.41, 5.74) is 1.09. The molecule has 1 saturated carbocycles. The molecule has 3 heteroatoms. The fraction of sp³-hybridized carbons (Fsp3) is 0.583. The Morgan fingerprint density at radius 1 is 1.47 bits per heavy atom. The fourth-order valence-electron chi connectivity index (χ4n) is 1.49. The van der Waals surface area contributed by atoms with E-state index >= 15 is 0 Å². The second kappa shape index (κ2) is 4.44. The highest BCUT2D eigenvalue weighted by Gasteiger charge is 2.26. The van der Waals surface area contributed by atoms with Crippen molar-refractivity contribution in [3.05, 3.63) is 18.0 Å². The van der Waals surface area contributed by atoms with Gasteiger partial charge in [-0.15, -0.1) is 11.8 Å². The van der Waals surface area contributed by atoms with E-state index in [0.29, 0.717) is 12.0 Å². The third kappa shape index (κ3) is 2.46. The van der Waals surface area contributed by atoms with Gasteiger partial charge in [0.25, 0.3) is 0 Å². The molecule has 0 N–H and O–H groups in total. The van der Waals surface area contributed by atoms with Crippen LogP contribution >= 0.6 is 11.8 Å². The fourth-order valence-corrected chi connectivity index (χ4v) is 2.02. The SMILES string of the molecule is CSc1ccnc(C(C)C)c1OC1CC1. The van der Waals surface area contributed by atoms with E-state index < -0.39 is 0 Å². The van der Waals surface area contributed by atoms with Crippen LogP contribution in [-0.4, -0.2) is 17.3 Å². The molecule has 0 saturated heterocycles. The zero-order valence-electron chi connectivity index (χ0n) is 9.49. The summed E-state index contributed by atoms with van der Waals surface area (Å²) < 4.78 is 5.96. The largest absolute Gasteiger partial charge is 0.487 e. The Balaban J connectivity index is 2.34. The summed E-state index contributed by atoms with van der Waals surface area (Å²) in [5, 5.41) is 0. The van der Waals surface area contributed by atoms with E-state index in [9.17, 15) is 0 Å². The number of hydrogen-bond acceptors (Lipinski definition) is 3. The molecule has 1 fully saturated rings. The van der Waals surface area contributed by atoms with E-state index in [-0.39, 0.29) is 0 Å². The first-order valence-electron chi connectivity index (χ1n) is 5.42. The second-order valence-corrected chi connectivity index (χ2v) is 5.05. The lowest BCUT2D eigenvalue weighted by molar-refractivity contribution is 0.289. The van der Waals surface area contributed by atoms with E-state index in [1.165, 1.54) is 17.7 Å². The van der Waals surface area contributed by atoms with Crippen molar-refractivity contribution in [2.75, 3.05) is 6.26 Å². The molecule has 0 aromatic carbocycles. The lowest BCUT2D eigenvalue weighted by atomic mass is 10.1. The van der Waals surface area contributed by atoms with E-state index in [1.807, 2.05) is 12.3 Å². The predicted octanol–water partition coefficient (Wildman–Crippen LogP) is 3.47. The van der Waals surface area contributed by atoms with Gasteiger partial charge in [-0.1, -0.05) is 13.8 Å². The topological polar surface area (TPSA) is 22.1 Å². The molecular formula is C12H17NOS. The average Bonchev–Trinajstić information content (AvgIpc) is 3.01. The minimum atomic E-state index is 0.422. The van der Waals surface area contributed by atoms with E-state index in [1.54, 1.807) is 11.8 Å². The molecule has 0 atom stereocenters. The predicted molar refractivity (Wildman–Crippen MR) is 63.8 cm³/mol. The van der Waals surface area contributed by atoms with Crippen molar-refractivity contribution in [1.29, 1.82) is 0 Å². The Labute approximate surface area is 95.4 Å². The molecule has 0 bridgehead atoms.